The number of hydrogen-bond donors (Lipinski definition) is 1. The van der Waals surface area contributed by atoms with Crippen LogP contribution in [0.2, 0.25) is 0 Å². The van der Waals surface area contributed by atoms with Gasteiger partial charge in [0.2, 0.25) is 0 Å². The first kappa shape index (κ1) is 12.3. The van der Waals surface area contributed by atoms with Gasteiger partial charge in [0.15, 0.2) is 11.6 Å². The van der Waals surface area contributed by atoms with E-state index >= 15 is 0 Å². The number of rotatable bonds is 3. The third-order valence-electron chi connectivity index (χ3n) is 3.13. The van der Waals surface area contributed by atoms with Crippen LogP contribution in [0.25, 0.3) is 22.5 Å². The number of nitrogens with two attached hydrogens (primary N) is 1. The van der Waals surface area contributed by atoms with E-state index in [1.807, 2.05) is 54.6 Å². The first-order valence-electron chi connectivity index (χ1n) is 6.24. The highest BCUT2D eigenvalue weighted by molar-refractivity contribution is 5.86. The Morgan fingerprint density at radius 1 is 0.950 bits per heavy atom. The van der Waals surface area contributed by atoms with E-state index in [0.29, 0.717) is 11.6 Å². The van der Waals surface area contributed by atoms with Crippen LogP contribution in [0.5, 0.6) is 5.75 Å². The number of aromatic nitrogens is 1. The van der Waals surface area contributed by atoms with Crippen LogP contribution in [0.1, 0.15) is 0 Å². The highest BCUT2D eigenvalue weighted by Crippen LogP contribution is 2.36. The zero-order chi connectivity index (χ0) is 13.9. The Bertz CT molecular complexity index is 703. The predicted molar refractivity (Wildman–Crippen MR) is 78.3 cm³/mol. The van der Waals surface area contributed by atoms with Gasteiger partial charge in [0.05, 0.1) is 12.7 Å². The smallest absolute Gasteiger partial charge is 0.176 e. The third-order valence-corrected chi connectivity index (χ3v) is 3.13. The summed E-state index contributed by atoms with van der Waals surface area (Å²) in [5, 5.41) is 3.88. The molecule has 0 fully saturated rings. The third kappa shape index (κ3) is 2.12. The molecule has 2 N–H and O–H groups in total. The van der Waals surface area contributed by atoms with Gasteiger partial charge in [0.25, 0.3) is 0 Å². The van der Waals surface area contributed by atoms with Crippen LogP contribution >= 0.6 is 0 Å². The number of benzene rings is 2. The minimum atomic E-state index is 0.391. The lowest BCUT2D eigenvalue weighted by molar-refractivity contribution is 0.414. The van der Waals surface area contributed by atoms with E-state index in [4.69, 9.17) is 15.0 Å². The van der Waals surface area contributed by atoms with Crippen molar-refractivity contribution in [1.29, 1.82) is 0 Å². The molecule has 1 heterocycles. The first-order valence-corrected chi connectivity index (χ1v) is 6.24. The molecule has 0 aliphatic rings. The van der Waals surface area contributed by atoms with Crippen LogP contribution in [0, 0.1) is 0 Å². The molecule has 0 aliphatic carbocycles. The molecule has 0 aliphatic heterocycles. The summed E-state index contributed by atoms with van der Waals surface area (Å²) >= 11 is 0. The number of nitrogens with zero attached hydrogens (tertiary/aromatic N) is 1. The molecular formula is C16H14N2O2. The number of hydrogen-bond acceptors (Lipinski definition) is 4. The van der Waals surface area contributed by atoms with Crippen LogP contribution in [-0.4, -0.2) is 12.3 Å². The summed E-state index contributed by atoms with van der Waals surface area (Å²) in [5.74, 6) is 1.85. The average Bonchev–Trinajstić information content (AvgIpc) is 2.90. The predicted octanol–water partition coefficient (Wildman–Crippen LogP) is 3.60. The fraction of sp³-hybridized carbons (Fsp3) is 0.0625. The Hall–Kier alpha value is -2.75. The normalized spacial score (nSPS) is 10.4. The lowest BCUT2D eigenvalue weighted by Crippen LogP contribution is -1.88. The second-order valence-corrected chi connectivity index (χ2v) is 4.37. The molecule has 0 atom stereocenters. The maximum Gasteiger partial charge on any atom is 0.176 e. The van der Waals surface area contributed by atoms with E-state index in [1.165, 1.54) is 0 Å². The maximum absolute atomic E-state index is 5.94. The number of ether oxygens (including phenoxy) is 1. The van der Waals surface area contributed by atoms with Crippen molar-refractivity contribution in [2.24, 2.45) is 0 Å². The molecule has 0 unspecified atom stereocenters. The fourth-order valence-corrected chi connectivity index (χ4v) is 2.13. The molecule has 20 heavy (non-hydrogen) atoms. The molecule has 0 amide bonds. The van der Waals surface area contributed by atoms with Crippen LogP contribution in [0.3, 0.4) is 0 Å². The number of anilines is 1. The van der Waals surface area contributed by atoms with Gasteiger partial charge in [0.1, 0.15) is 5.75 Å². The van der Waals surface area contributed by atoms with Crippen molar-refractivity contribution in [3.63, 3.8) is 0 Å². The quantitative estimate of drug-likeness (QED) is 0.786. The molecule has 3 aromatic rings. The molecular weight excluding hydrogens is 252 g/mol. The molecule has 0 bridgehead atoms. The Morgan fingerprint density at radius 2 is 1.65 bits per heavy atom. The second kappa shape index (κ2) is 5.09. The van der Waals surface area contributed by atoms with Gasteiger partial charge in [-0.15, -0.1) is 0 Å². The summed E-state index contributed by atoms with van der Waals surface area (Å²) in [6.07, 6.45) is 0. The Morgan fingerprint density at radius 3 is 2.30 bits per heavy atom. The molecule has 0 radical (unpaired) electrons. The number of nitrogen functional groups attached to an aromatic ring is 1. The molecule has 4 nitrogen and oxygen atoms in total. The highest BCUT2D eigenvalue weighted by atomic mass is 16.5. The minimum Gasteiger partial charge on any atom is -0.497 e. The Kier molecular flexibility index (Phi) is 3.13. The second-order valence-electron chi connectivity index (χ2n) is 4.37. The van der Waals surface area contributed by atoms with Gasteiger partial charge in [-0.2, -0.15) is 0 Å². The van der Waals surface area contributed by atoms with Crippen molar-refractivity contribution in [1.82, 2.24) is 5.16 Å². The van der Waals surface area contributed by atoms with Crippen LogP contribution < -0.4 is 10.5 Å². The minimum absolute atomic E-state index is 0.391. The summed E-state index contributed by atoms with van der Waals surface area (Å²) in [6.45, 7) is 0. The number of methoxy groups -OCH3 is 1. The van der Waals surface area contributed by atoms with Crippen LogP contribution in [0.15, 0.2) is 59.1 Å². The van der Waals surface area contributed by atoms with Gasteiger partial charge < -0.3 is 15.0 Å². The van der Waals surface area contributed by atoms with Crippen LogP contribution in [-0.2, 0) is 0 Å². The fourth-order valence-electron chi connectivity index (χ4n) is 2.13. The Balaban J connectivity index is 2.11. The zero-order valence-electron chi connectivity index (χ0n) is 11.0. The lowest BCUT2D eigenvalue weighted by Gasteiger charge is -2.04. The van der Waals surface area contributed by atoms with E-state index in [9.17, 15) is 0 Å². The largest absolute Gasteiger partial charge is 0.497 e. The van der Waals surface area contributed by atoms with Crippen molar-refractivity contribution >= 4 is 5.82 Å². The highest BCUT2D eigenvalue weighted by Gasteiger charge is 2.17. The average molecular weight is 266 g/mol. The van der Waals surface area contributed by atoms with Crippen molar-refractivity contribution in [2.75, 3.05) is 12.8 Å². The van der Waals surface area contributed by atoms with E-state index in [0.717, 1.165) is 22.4 Å². The summed E-state index contributed by atoms with van der Waals surface area (Å²) in [4.78, 5) is 0. The molecule has 3 rings (SSSR count). The van der Waals surface area contributed by atoms with E-state index in [-0.39, 0.29) is 0 Å². The maximum atomic E-state index is 5.94. The molecule has 2 aromatic carbocycles. The van der Waals surface area contributed by atoms with Gasteiger partial charge >= 0.3 is 0 Å². The van der Waals surface area contributed by atoms with E-state index < -0.39 is 0 Å². The topological polar surface area (TPSA) is 61.3 Å². The van der Waals surface area contributed by atoms with Crippen molar-refractivity contribution < 1.29 is 9.26 Å². The summed E-state index contributed by atoms with van der Waals surface area (Å²) < 4.78 is 10.5. The van der Waals surface area contributed by atoms with Crippen LogP contribution in [0.4, 0.5) is 5.82 Å². The molecule has 1 aromatic heterocycles. The van der Waals surface area contributed by atoms with Gasteiger partial charge in [-0.1, -0.05) is 35.5 Å². The molecule has 0 spiro atoms. The summed E-state index contributed by atoms with van der Waals surface area (Å²) in [6, 6.07) is 17.4. The lowest BCUT2D eigenvalue weighted by atomic mass is 10.0. The summed E-state index contributed by atoms with van der Waals surface area (Å²) in [5.41, 5.74) is 8.65. The van der Waals surface area contributed by atoms with Gasteiger partial charge in [-0.25, -0.2) is 0 Å². The molecule has 0 saturated carbocycles. The van der Waals surface area contributed by atoms with Gasteiger partial charge in [0, 0.05) is 5.56 Å². The molecule has 0 saturated heterocycles. The van der Waals surface area contributed by atoms with Crippen molar-refractivity contribution in [2.45, 2.75) is 0 Å². The molecule has 100 valence electrons. The monoisotopic (exact) mass is 266 g/mol. The first-order chi connectivity index (χ1) is 9.79. The SMILES string of the molecule is COc1ccc(-c2onc(N)c2-c2ccccc2)cc1. The van der Waals surface area contributed by atoms with Gasteiger partial charge in [-0.3, -0.25) is 0 Å². The zero-order valence-corrected chi connectivity index (χ0v) is 11.0. The van der Waals surface area contributed by atoms with Crippen molar-refractivity contribution in [3.05, 3.63) is 54.6 Å². The van der Waals surface area contributed by atoms with E-state index in [1.54, 1.807) is 7.11 Å². The molecule has 4 heteroatoms. The standard InChI is InChI=1S/C16H14N2O2/c1-19-13-9-7-12(8-10-13)15-14(16(17)18-20-15)11-5-3-2-4-6-11/h2-10H,1H3,(H2,17,18). The van der Waals surface area contributed by atoms with Gasteiger partial charge in [-0.05, 0) is 29.8 Å². The van der Waals surface area contributed by atoms with E-state index in [2.05, 4.69) is 5.16 Å². The summed E-state index contributed by atoms with van der Waals surface area (Å²) in [7, 11) is 1.64. The Labute approximate surface area is 116 Å². The van der Waals surface area contributed by atoms with Crippen molar-refractivity contribution in [3.8, 4) is 28.2 Å².